The van der Waals surface area contributed by atoms with E-state index in [1.807, 2.05) is 0 Å². The van der Waals surface area contributed by atoms with E-state index in [-0.39, 0.29) is 11.3 Å². The second-order valence-corrected chi connectivity index (χ2v) is 6.54. The molecular weight excluding hydrogens is 383 g/mol. The van der Waals surface area contributed by atoms with Crippen LogP contribution in [0.1, 0.15) is 11.1 Å². The summed E-state index contributed by atoms with van der Waals surface area (Å²) in [5, 5.41) is 7.00. The monoisotopic (exact) mass is 392 g/mol. The van der Waals surface area contributed by atoms with Crippen LogP contribution in [-0.4, -0.2) is 5.50 Å². The Labute approximate surface area is 149 Å². The molecule has 1 aliphatic rings. The summed E-state index contributed by atoms with van der Waals surface area (Å²) in [6.45, 7) is 0. The van der Waals surface area contributed by atoms with Crippen LogP contribution in [0.25, 0.3) is 5.70 Å². The maximum Gasteiger partial charge on any atom is 0.417 e. The number of thioether (sulfide) groups is 1. The Hall–Kier alpha value is -1.93. The predicted octanol–water partition coefficient (Wildman–Crippen LogP) is 5.67. The highest BCUT2D eigenvalue weighted by atomic mass is 35.5. The van der Waals surface area contributed by atoms with Gasteiger partial charge in [-0.25, -0.2) is 8.78 Å². The van der Waals surface area contributed by atoms with Crippen molar-refractivity contribution < 1.29 is 22.0 Å². The molecule has 2 nitrogen and oxygen atoms in total. The second kappa shape index (κ2) is 6.76. The van der Waals surface area contributed by atoms with Crippen LogP contribution >= 0.6 is 23.4 Å². The standard InChI is InChI=1S/C16H10ClF5N2S/c17-12-4-2-9(6-11(12)16(20,21)22)23-15-24-14(7-25-15)10-3-1-8(18)5-13(10)19/h1-7,15,23-24H. The fraction of sp³-hybridized carbons (Fsp3) is 0.125. The van der Waals surface area contributed by atoms with Crippen LogP contribution in [0.4, 0.5) is 27.6 Å². The van der Waals surface area contributed by atoms with Crippen LogP contribution in [0.2, 0.25) is 5.02 Å². The molecule has 0 aromatic heterocycles. The summed E-state index contributed by atoms with van der Waals surface area (Å²) in [6.07, 6.45) is -4.56. The zero-order valence-corrected chi connectivity index (χ0v) is 13.9. The van der Waals surface area contributed by atoms with Gasteiger partial charge in [0, 0.05) is 17.3 Å². The van der Waals surface area contributed by atoms with Gasteiger partial charge in [0.25, 0.3) is 0 Å². The van der Waals surface area contributed by atoms with E-state index in [2.05, 4.69) is 10.6 Å². The topological polar surface area (TPSA) is 24.1 Å². The van der Waals surface area contributed by atoms with E-state index >= 15 is 0 Å². The highest BCUT2D eigenvalue weighted by Gasteiger charge is 2.33. The maximum absolute atomic E-state index is 13.8. The average molecular weight is 393 g/mol. The Kier molecular flexibility index (Phi) is 4.83. The van der Waals surface area contributed by atoms with Crippen LogP contribution in [0.15, 0.2) is 41.8 Å². The maximum atomic E-state index is 13.8. The molecule has 2 aromatic rings. The molecule has 3 rings (SSSR count). The lowest BCUT2D eigenvalue weighted by Crippen LogP contribution is -2.28. The third kappa shape index (κ3) is 4.01. The van der Waals surface area contributed by atoms with Crippen molar-refractivity contribution in [2.75, 3.05) is 5.32 Å². The molecule has 0 spiro atoms. The number of nitrogens with one attached hydrogen (secondary N) is 2. The van der Waals surface area contributed by atoms with E-state index in [9.17, 15) is 22.0 Å². The van der Waals surface area contributed by atoms with Crippen molar-refractivity contribution in [3.63, 3.8) is 0 Å². The zero-order valence-electron chi connectivity index (χ0n) is 12.3. The smallest absolute Gasteiger partial charge is 0.357 e. The summed E-state index contributed by atoms with van der Waals surface area (Å²) in [5.41, 5.74) is -0.673. The minimum absolute atomic E-state index is 0.172. The number of halogens is 6. The number of hydrogen-bond donors (Lipinski definition) is 2. The summed E-state index contributed by atoms with van der Waals surface area (Å²) < 4.78 is 65.4. The van der Waals surface area contributed by atoms with Gasteiger partial charge in [0.05, 0.1) is 16.3 Å². The molecule has 132 valence electrons. The van der Waals surface area contributed by atoms with Crippen LogP contribution in [-0.2, 0) is 6.18 Å². The third-order valence-corrected chi connectivity index (χ3v) is 4.61. The summed E-state index contributed by atoms with van der Waals surface area (Å²) in [5.74, 6) is -1.42. The van der Waals surface area contributed by atoms with Crippen molar-refractivity contribution >= 4 is 34.7 Å². The van der Waals surface area contributed by atoms with Crippen molar-refractivity contribution in [1.29, 1.82) is 0 Å². The molecule has 9 heteroatoms. The highest BCUT2D eigenvalue weighted by molar-refractivity contribution is 8.03. The molecule has 0 radical (unpaired) electrons. The highest BCUT2D eigenvalue weighted by Crippen LogP contribution is 2.37. The largest absolute Gasteiger partial charge is 0.417 e. The molecule has 0 saturated carbocycles. The van der Waals surface area contributed by atoms with Gasteiger partial charge in [0.2, 0.25) is 0 Å². The first-order chi connectivity index (χ1) is 11.7. The van der Waals surface area contributed by atoms with Crippen molar-refractivity contribution in [3.8, 4) is 0 Å². The fourth-order valence-corrected chi connectivity index (χ4v) is 3.34. The van der Waals surface area contributed by atoms with Gasteiger partial charge < -0.3 is 10.6 Å². The molecule has 1 heterocycles. The van der Waals surface area contributed by atoms with Crippen LogP contribution < -0.4 is 10.6 Å². The minimum Gasteiger partial charge on any atom is -0.357 e. The molecule has 1 unspecified atom stereocenters. The van der Waals surface area contributed by atoms with Gasteiger partial charge >= 0.3 is 6.18 Å². The van der Waals surface area contributed by atoms with Crippen molar-refractivity contribution in [1.82, 2.24) is 5.32 Å². The molecule has 0 aliphatic carbocycles. The number of alkyl halides is 3. The lowest BCUT2D eigenvalue weighted by Gasteiger charge is -2.18. The molecule has 2 aromatic carbocycles. The van der Waals surface area contributed by atoms with Crippen molar-refractivity contribution in [3.05, 3.63) is 69.6 Å². The van der Waals surface area contributed by atoms with Gasteiger partial charge in [-0.2, -0.15) is 13.2 Å². The SMILES string of the molecule is Fc1ccc(C2=CSC(Nc3ccc(Cl)c(C(F)(F)F)c3)N2)c(F)c1. The van der Waals surface area contributed by atoms with Crippen molar-refractivity contribution in [2.45, 2.75) is 11.7 Å². The zero-order chi connectivity index (χ0) is 18.2. The van der Waals surface area contributed by atoms with E-state index in [1.54, 1.807) is 5.41 Å². The molecule has 2 N–H and O–H groups in total. The van der Waals surface area contributed by atoms with E-state index in [0.29, 0.717) is 5.70 Å². The Bertz CT molecular complexity index is 838. The molecule has 1 aliphatic heterocycles. The van der Waals surface area contributed by atoms with Gasteiger partial charge in [-0.15, -0.1) is 0 Å². The van der Waals surface area contributed by atoms with E-state index in [4.69, 9.17) is 11.6 Å². The van der Waals surface area contributed by atoms with Crippen molar-refractivity contribution in [2.24, 2.45) is 0 Å². The molecule has 0 amide bonds. The van der Waals surface area contributed by atoms with Crippen LogP contribution in [0.5, 0.6) is 0 Å². The molecular formula is C16H10ClF5N2S. The first-order valence-electron chi connectivity index (χ1n) is 6.95. The number of rotatable bonds is 3. The number of anilines is 1. The second-order valence-electron chi connectivity index (χ2n) is 5.15. The molecule has 1 atom stereocenters. The lowest BCUT2D eigenvalue weighted by molar-refractivity contribution is -0.137. The number of benzene rings is 2. The third-order valence-electron chi connectivity index (χ3n) is 3.40. The van der Waals surface area contributed by atoms with Gasteiger partial charge in [-0.3, -0.25) is 0 Å². The number of hydrogen-bond acceptors (Lipinski definition) is 3. The van der Waals surface area contributed by atoms with Crippen LogP contribution in [0.3, 0.4) is 0 Å². The Morgan fingerprint density at radius 3 is 2.52 bits per heavy atom. The Morgan fingerprint density at radius 1 is 1.08 bits per heavy atom. The quantitative estimate of drug-likeness (QED) is 0.658. The first-order valence-corrected chi connectivity index (χ1v) is 8.27. The van der Waals surface area contributed by atoms with Gasteiger partial charge in [-0.05, 0) is 35.7 Å². The van der Waals surface area contributed by atoms with Crippen LogP contribution in [0, 0.1) is 11.6 Å². The van der Waals surface area contributed by atoms with Gasteiger partial charge in [0.15, 0.2) is 0 Å². The summed E-state index contributed by atoms with van der Waals surface area (Å²) in [7, 11) is 0. The lowest BCUT2D eigenvalue weighted by atomic mass is 10.1. The molecule has 25 heavy (non-hydrogen) atoms. The summed E-state index contributed by atoms with van der Waals surface area (Å²) in [6, 6.07) is 6.65. The average Bonchev–Trinajstić information content (AvgIpc) is 2.96. The summed E-state index contributed by atoms with van der Waals surface area (Å²) >= 11 is 6.79. The predicted molar refractivity (Wildman–Crippen MR) is 88.9 cm³/mol. The minimum atomic E-state index is -4.56. The summed E-state index contributed by atoms with van der Waals surface area (Å²) in [4.78, 5) is 0. The van der Waals surface area contributed by atoms with Gasteiger partial charge in [-0.1, -0.05) is 23.4 Å². The van der Waals surface area contributed by atoms with Gasteiger partial charge in [0.1, 0.15) is 17.1 Å². The normalized spacial score (nSPS) is 17.2. The molecule has 0 saturated heterocycles. The molecule has 0 bridgehead atoms. The molecule has 0 fully saturated rings. The van der Waals surface area contributed by atoms with E-state index < -0.39 is 33.9 Å². The van der Waals surface area contributed by atoms with E-state index in [0.717, 1.165) is 24.3 Å². The Morgan fingerprint density at radius 2 is 1.84 bits per heavy atom. The van der Waals surface area contributed by atoms with E-state index in [1.165, 1.54) is 23.9 Å². The fourth-order valence-electron chi connectivity index (χ4n) is 2.25. The first kappa shape index (κ1) is 17.9. The Balaban J connectivity index is 1.73.